The summed E-state index contributed by atoms with van der Waals surface area (Å²) >= 11 is 6.26. The first-order valence-corrected chi connectivity index (χ1v) is 8.15. The molecule has 0 aliphatic heterocycles. The van der Waals surface area contributed by atoms with Gasteiger partial charge in [-0.25, -0.2) is 9.78 Å². The first-order chi connectivity index (χ1) is 9.40. The van der Waals surface area contributed by atoms with E-state index in [4.69, 9.17) is 5.11 Å². The molecule has 5 nitrogen and oxygen atoms in total. The Bertz CT molecular complexity index is 653. The van der Waals surface area contributed by atoms with E-state index in [9.17, 15) is 9.59 Å². The number of hydrogen-bond donors (Lipinski definition) is 1. The van der Waals surface area contributed by atoms with Crippen LogP contribution in [-0.4, -0.2) is 40.0 Å². The molecule has 20 heavy (non-hydrogen) atoms. The second-order valence-corrected chi connectivity index (χ2v) is 6.78. The molecule has 2 rings (SSSR count). The van der Waals surface area contributed by atoms with Gasteiger partial charge in [-0.15, -0.1) is 22.7 Å². The van der Waals surface area contributed by atoms with E-state index in [2.05, 4.69) is 20.9 Å². The fourth-order valence-corrected chi connectivity index (χ4v) is 3.73. The van der Waals surface area contributed by atoms with Crippen molar-refractivity contribution >= 4 is 50.5 Å². The van der Waals surface area contributed by atoms with Gasteiger partial charge in [0.05, 0.1) is 4.88 Å². The molecule has 0 aliphatic carbocycles. The number of carbonyl (C=O) groups excluding carboxylic acids is 1. The van der Waals surface area contributed by atoms with Gasteiger partial charge in [0.25, 0.3) is 5.91 Å². The Kier molecular flexibility index (Phi) is 4.56. The molecule has 8 heteroatoms. The summed E-state index contributed by atoms with van der Waals surface area (Å²) in [5.41, 5.74) is 0.269. The number of carboxylic acid groups (broad SMARTS) is 1. The summed E-state index contributed by atoms with van der Waals surface area (Å²) < 4.78 is 0.970. The quantitative estimate of drug-likeness (QED) is 0.891. The third-order valence-electron chi connectivity index (χ3n) is 2.76. The number of thiazole rings is 1. The van der Waals surface area contributed by atoms with Gasteiger partial charge in [-0.2, -0.15) is 0 Å². The number of carboxylic acids is 1. The van der Waals surface area contributed by atoms with Gasteiger partial charge < -0.3 is 10.0 Å². The number of carbonyl (C=O) groups is 2. The SMILES string of the molecule is CC(C(=O)O)N(C)C(=O)c1csc(-c2cc(Br)cs2)n1. The van der Waals surface area contributed by atoms with Crippen molar-refractivity contribution in [2.24, 2.45) is 0 Å². The van der Waals surface area contributed by atoms with E-state index in [1.165, 1.54) is 41.5 Å². The number of rotatable bonds is 4. The van der Waals surface area contributed by atoms with Gasteiger partial charge in [-0.3, -0.25) is 4.79 Å². The fraction of sp³-hybridized carbons (Fsp3) is 0.250. The lowest BCUT2D eigenvalue weighted by Gasteiger charge is -2.20. The lowest BCUT2D eigenvalue weighted by Crippen LogP contribution is -2.40. The van der Waals surface area contributed by atoms with Crippen molar-refractivity contribution in [3.05, 3.63) is 27.0 Å². The molecule has 0 aliphatic rings. The molecule has 0 bridgehead atoms. The van der Waals surface area contributed by atoms with Crippen LogP contribution in [0.4, 0.5) is 0 Å². The zero-order valence-electron chi connectivity index (χ0n) is 10.7. The van der Waals surface area contributed by atoms with Crippen molar-refractivity contribution in [3.8, 4) is 9.88 Å². The Labute approximate surface area is 132 Å². The number of nitrogens with zero attached hydrogens (tertiary/aromatic N) is 2. The standard InChI is InChI=1S/C12H11BrN2O3S2/c1-6(12(17)18)15(2)11(16)8-5-20-10(14-8)9-3-7(13)4-19-9/h3-6H,1-2H3,(H,17,18). The number of aromatic nitrogens is 1. The van der Waals surface area contributed by atoms with E-state index >= 15 is 0 Å². The summed E-state index contributed by atoms with van der Waals surface area (Å²) in [6.07, 6.45) is 0. The van der Waals surface area contributed by atoms with Crippen LogP contribution >= 0.6 is 38.6 Å². The van der Waals surface area contributed by atoms with Crippen LogP contribution in [-0.2, 0) is 4.79 Å². The van der Waals surface area contributed by atoms with Crippen LogP contribution in [0.25, 0.3) is 9.88 Å². The Balaban J connectivity index is 2.20. The van der Waals surface area contributed by atoms with Gasteiger partial charge in [0.15, 0.2) is 0 Å². The van der Waals surface area contributed by atoms with E-state index in [1.54, 1.807) is 5.38 Å². The second-order valence-electron chi connectivity index (χ2n) is 4.10. The van der Waals surface area contributed by atoms with Crippen LogP contribution in [0.1, 0.15) is 17.4 Å². The van der Waals surface area contributed by atoms with Crippen molar-refractivity contribution in [1.29, 1.82) is 0 Å². The van der Waals surface area contributed by atoms with Gasteiger partial charge in [0.2, 0.25) is 0 Å². The molecule has 1 atom stereocenters. The number of hydrogen-bond acceptors (Lipinski definition) is 5. The number of likely N-dealkylation sites (N-methyl/N-ethyl adjacent to an activating group) is 1. The zero-order valence-corrected chi connectivity index (χ0v) is 13.9. The first-order valence-electron chi connectivity index (χ1n) is 5.60. The van der Waals surface area contributed by atoms with Crippen LogP contribution < -0.4 is 0 Å². The van der Waals surface area contributed by atoms with E-state index < -0.39 is 17.9 Å². The maximum Gasteiger partial charge on any atom is 0.326 e. The highest BCUT2D eigenvalue weighted by Crippen LogP contribution is 2.32. The van der Waals surface area contributed by atoms with Crippen LogP contribution in [0.15, 0.2) is 21.3 Å². The van der Waals surface area contributed by atoms with E-state index in [0.29, 0.717) is 0 Å². The third-order valence-corrected chi connectivity index (χ3v) is 5.46. The number of thiophene rings is 1. The molecule has 1 unspecified atom stereocenters. The summed E-state index contributed by atoms with van der Waals surface area (Å²) in [6.45, 7) is 1.46. The van der Waals surface area contributed by atoms with Gasteiger partial charge in [0.1, 0.15) is 16.7 Å². The van der Waals surface area contributed by atoms with Gasteiger partial charge in [0, 0.05) is 22.3 Å². The molecular formula is C12H11BrN2O3S2. The van der Waals surface area contributed by atoms with Gasteiger partial charge >= 0.3 is 5.97 Å². The Morgan fingerprint density at radius 2 is 2.10 bits per heavy atom. The monoisotopic (exact) mass is 374 g/mol. The largest absolute Gasteiger partial charge is 0.480 e. The molecule has 0 fully saturated rings. The highest BCUT2D eigenvalue weighted by molar-refractivity contribution is 9.10. The predicted molar refractivity (Wildman–Crippen MR) is 82.3 cm³/mol. The topological polar surface area (TPSA) is 70.5 Å². The summed E-state index contributed by atoms with van der Waals surface area (Å²) in [5.74, 6) is -1.43. The van der Waals surface area contributed by atoms with Crippen LogP contribution in [0.2, 0.25) is 0 Å². The zero-order chi connectivity index (χ0) is 14.9. The maximum absolute atomic E-state index is 12.1. The number of aliphatic carboxylic acids is 1. The molecule has 0 saturated heterocycles. The predicted octanol–water partition coefficient (Wildman–Crippen LogP) is 3.18. The Hall–Kier alpha value is -1.25. The summed E-state index contributed by atoms with van der Waals surface area (Å²) in [5, 5.41) is 13.3. The smallest absolute Gasteiger partial charge is 0.326 e. The van der Waals surface area contributed by atoms with E-state index in [0.717, 1.165) is 14.4 Å². The summed E-state index contributed by atoms with van der Waals surface area (Å²) in [4.78, 5) is 29.5. The lowest BCUT2D eigenvalue weighted by molar-refractivity contribution is -0.141. The van der Waals surface area contributed by atoms with Crippen LogP contribution in [0, 0.1) is 0 Å². The number of halogens is 1. The van der Waals surface area contributed by atoms with Crippen molar-refractivity contribution in [2.45, 2.75) is 13.0 Å². The first kappa shape index (κ1) is 15.1. The minimum atomic E-state index is -1.04. The molecule has 0 spiro atoms. The molecule has 2 heterocycles. The normalized spacial score (nSPS) is 12.2. The van der Waals surface area contributed by atoms with E-state index in [1.807, 2.05) is 11.4 Å². The Morgan fingerprint density at radius 1 is 1.40 bits per heavy atom. The number of amides is 1. The molecule has 0 aromatic carbocycles. The van der Waals surface area contributed by atoms with Gasteiger partial charge in [-0.1, -0.05) is 0 Å². The minimum Gasteiger partial charge on any atom is -0.480 e. The van der Waals surface area contributed by atoms with Crippen molar-refractivity contribution < 1.29 is 14.7 Å². The maximum atomic E-state index is 12.1. The second kappa shape index (κ2) is 6.02. The molecular weight excluding hydrogens is 364 g/mol. The molecule has 2 aromatic rings. The van der Waals surface area contributed by atoms with Crippen LogP contribution in [0.5, 0.6) is 0 Å². The summed E-state index contributed by atoms with van der Waals surface area (Å²) in [6, 6.07) is 1.05. The van der Waals surface area contributed by atoms with Crippen LogP contribution in [0.3, 0.4) is 0 Å². The third kappa shape index (κ3) is 3.08. The Morgan fingerprint density at radius 3 is 2.65 bits per heavy atom. The molecule has 1 amide bonds. The molecule has 0 saturated carbocycles. The molecule has 106 valence electrons. The highest BCUT2D eigenvalue weighted by Gasteiger charge is 2.24. The highest BCUT2D eigenvalue weighted by atomic mass is 79.9. The minimum absolute atomic E-state index is 0.269. The van der Waals surface area contributed by atoms with Gasteiger partial charge in [-0.05, 0) is 28.9 Å². The average molecular weight is 375 g/mol. The molecule has 0 radical (unpaired) electrons. The van der Waals surface area contributed by atoms with Crippen molar-refractivity contribution in [1.82, 2.24) is 9.88 Å². The van der Waals surface area contributed by atoms with Crippen molar-refractivity contribution in [2.75, 3.05) is 7.05 Å². The molecule has 2 aromatic heterocycles. The lowest BCUT2D eigenvalue weighted by atomic mass is 10.3. The van der Waals surface area contributed by atoms with E-state index in [-0.39, 0.29) is 5.69 Å². The fourth-order valence-electron chi connectivity index (χ4n) is 1.43. The summed E-state index contributed by atoms with van der Waals surface area (Å²) in [7, 11) is 1.46. The average Bonchev–Trinajstić information content (AvgIpc) is 3.04. The molecule has 1 N–H and O–H groups in total. The van der Waals surface area contributed by atoms with Crippen molar-refractivity contribution in [3.63, 3.8) is 0 Å².